The fraction of sp³-hybridized carbons (Fsp3) is 0. The number of halogens is 5. The van der Waals surface area contributed by atoms with Crippen LogP contribution in [0.1, 0.15) is 10.4 Å². The normalized spacial score (nSPS) is 10.4. The van der Waals surface area contributed by atoms with E-state index in [1.807, 2.05) is 0 Å². The van der Waals surface area contributed by atoms with Crippen molar-refractivity contribution in [3.8, 4) is 0 Å². The minimum absolute atomic E-state index is 0.241. The molecule has 7 heteroatoms. The van der Waals surface area contributed by atoms with Gasteiger partial charge in [-0.05, 0) is 28.1 Å². The molecule has 2 nitrogen and oxygen atoms in total. The molecule has 0 bridgehead atoms. The number of benzene rings is 2. The van der Waals surface area contributed by atoms with Crippen molar-refractivity contribution >= 4 is 39.1 Å². The van der Waals surface area contributed by atoms with Crippen molar-refractivity contribution in [2.45, 2.75) is 0 Å². The molecule has 1 amide bonds. The summed E-state index contributed by atoms with van der Waals surface area (Å²) in [5.74, 6) is -4.69. The maximum absolute atomic E-state index is 13.5. The van der Waals surface area contributed by atoms with E-state index < -0.39 is 28.9 Å². The molecule has 2 rings (SSSR count). The van der Waals surface area contributed by atoms with Gasteiger partial charge in [-0.1, -0.05) is 17.7 Å². The third-order valence-electron chi connectivity index (χ3n) is 2.43. The van der Waals surface area contributed by atoms with Gasteiger partial charge in [0.05, 0.1) is 15.2 Å². The third kappa shape index (κ3) is 2.96. The fourth-order valence-corrected chi connectivity index (χ4v) is 2.08. The van der Waals surface area contributed by atoms with Crippen molar-refractivity contribution in [2.24, 2.45) is 0 Å². The molecule has 0 unspecified atom stereocenters. The van der Waals surface area contributed by atoms with Crippen LogP contribution in [0.5, 0.6) is 0 Å². The second kappa shape index (κ2) is 5.85. The summed E-state index contributed by atoms with van der Waals surface area (Å²) in [4.78, 5) is 11.9. The fourth-order valence-electron chi connectivity index (χ4n) is 1.54. The van der Waals surface area contributed by atoms with Crippen LogP contribution in [-0.2, 0) is 0 Å². The lowest BCUT2D eigenvalue weighted by Crippen LogP contribution is -2.16. The van der Waals surface area contributed by atoms with Crippen LogP contribution >= 0.6 is 27.5 Å². The van der Waals surface area contributed by atoms with E-state index in [0.717, 1.165) is 0 Å². The summed E-state index contributed by atoms with van der Waals surface area (Å²) in [7, 11) is 0. The van der Waals surface area contributed by atoms with Gasteiger partial charge in [0.15, 0.2) is 0 Å². The van der Waals surface area contributed by atoms with Crippen molar-refractivity contribution in [1.82, 2.24) is 0 Å². The maximum atomic E-state index is 13.5. The molecule has 0 aliphatic heterocycles. The molecular weight excluding hydrogens is 359 g/mol. The number of hydrogen-bond acceptors (Lipinski definition) is 1. The monoisotopic (exact) mass is 363 g/mol. The Kier molecular flexibility index (Phi) is 4.35. The van der Waals surface area contributed by atoms with E-state index in [0.29, 0.717) is 21.6 Å². The van der Waals surface area contributed by atoms with E-state index in [1.165, 1.54) is 6.07 Å². The summed E-state index contributed by atoms with van der Waals surface area (Å²) in [6.07, 6.45) is 0. The number of carbonyl (C=O) groups excluding carboxylic acids is 1. The van der Waals surface area contributed by atoms with Crippen LogP contribution in [0.15, 0.2) is 34.8 Å². The van der Waals surface area contributed by atoms with Crippen LogP contribution in [0.3, 0.4) is 0 Å². The Morgan fingerprint density at radius 3 is 2.35 bits per heavy atom. The molecule has 0 fully saturated rings. The highest BCUT2D eigenvalue weighted by molar-refractivity contribution is 9.10. The Bertz CT molecular complexity index is 670. The van der Waals surface area contributed by atoms with Gasteiger partial charge in [-0.25, -0.2) is 13.2 Å². The zero-order valence-corrected chi connectivity index (χ0v) is 12.0. The topological polar surface area (TPSA) is 29.1 Å². The van der Waals surface area contributed by atoms with Crippen LogP contribution < -0.4 is 5.32 Å². The van der Waals surface area contributed by atoms with Gasteiger partial charge in [0.25, 0.3) is 5.91 Å². The number of anilines is 1. The Morgan fingerprint density at radius 1 is 1.15 bits per heavy atom. The maximum Gasteiger partial charge on any atom is 0.261 e. The Morgan fingerprint density at radius 2 is 1.75 bits per heavy atom. The minimum Gasteiger partial charge on any atom is -0.321 e. The Hall–Kier alpha value is -1.53. The first-order valence-corrected chi connectivity index (χ1v) is 6.47. The molecule has 0 heterocycles. The molecule has 0 aliphatic carbocycles. The van der Waals surface area contributed by atoms with Crippen molar-refractivity contribution in [2.75, 3.05) is 5.32 Å². The van der Waals surface area contributed by atoms with Crippen LogP contribution in [0.4, 0.5) is 18.9 Å². The van der Waals surface area contributed by atoms with Crippen LogP contribution in [0, 0.1) is 17.5 Å². The van der Waals surface area contributed by atoms with E-state index in [4.69, 9.17) is 11.6 Å². The smallest absolute Gasteiger partial charge is 0.261 e. The zero-order valence-electron chi connectivity index (χ0n) is 9.68. The summed E-state index contributed by atoms with van der Waals surface area (Å²) >= 11 is 8.97. The van der Waals surface area contributed by atoms with E-state index in [-0.39, 0.29) is 5.69 Å². The number of hydrogen-bond donors (Lipinski definition) is 1. The Balaban J connectivity index is 2.36. The van der Waals surface area contributed by atoms with Crippen molar-refractivity contribution in [3.05, 3.63) is 62.8 Å². The van der Waals surface area contributed by atoms with Gasteiger partial charge in [-0.3, -0.25) is 4.79 Å². The first kappa shape index (κ1) is 14.9. The lowest BCUT2D eigenvalue weighted by Gasteiger charge is -2.09. The van der Waals surface area contributed by atoms with Crippen LogP contribution in [-0.4, -0.2) is 5.91 Å². The van der Waals surface area contributed by atoms with Crippen molar-refractivity contribution in [1.29, 1.82) is 0 Å². The molecule has 0 atom stereocenters. The molecule has 0 aromatic heterocycles. The molecule has 0 saturated carbocycles. The SMILES string of the molecule is O=C(Nc1cccc(Cl)c1Br)c1c(F)cc(F)cc1F. The van der Waals surface area contributed by atoms with E-state index in [9.17, 15) is 18.0 Å². The molecular formula is C13H6BrClF3NO. The van der Waals surface area contributed by atoms with Gasteiger partial charge >= 0.3 is 0 Å². The van der Waals surface area contributed by atoms with Gasteiger partial charge in [-0.15, -0.1) is 0 Å². The van der Waals surface area contributed by atoms with E-state index in [2.05, 4.69) is 21.2 Å². The zero-order chi connectivity index (χ0) is 14.9. The third-order valence-corrected chi connectivity index (χ3v) is 3.83. The molecule has 104 valence electrons. The van der Waals surface area contributed by atoms with Gasteiger partial charge in [0.1, 0.15) is 23.0 Å². The Labute approximate surface area is 125 Å². The van der Waals surface area contributed by atoms with Crippen LogP contribution in [0.25, 0.3) is 0 Å². The van der Waals surface area contributed by atoms with Crippen molar-refractivity contribution < 1.29 is 18.0 Å². The quantitative estimate of drug-likeness (QED) is 0.817. The first-order chi connectivity index (χ1) is 9.40. The number of amides is 1. The standard InChI is InChI=1S/C13H6BrClF3NO/c14-12-7(15)2-1-3-10(12)19-13(20)11-8(17)4-6(16)5-9(11)18/h1-5H,(H,19,20). The minimum atomic E-state index is -1.28. The second-order valence-electron chi connectivity index (χ2n) is 3.80. The van der Waals surface area contributed by atoms with E-state index in [1.54, 1.807) is 12.1 Å². The lowest BCUT2D eigenvalue weighted by atomic mass is 10.1. The lowest BCUT2D eigenvalue weighted by molar-refractivity contribution is 0.101. The highest BCUT2D eigenvalue weighted by atomic mass is 79.9. The highest BCUT2D eigenvalue weighted by Crippen LogP contribution is 2.30. The van der Waals surface area contributed by atoms with Crippen LogP contribution in [0.2, 0.25) is 5.02 Å². The predicted octanol–water partition coefficient (Wildman–Crippen LogP) is 4.77. The summed E-state index contributed by atoms with van der Waals surface area (Å²) in [5.41, 5.74) is -0.621. The molecule has 0 spiro atoms. The summed E-state index contributed by atoms with van der Waals surface area (Å²) in [6.45, 7) is 0. The molecule has 0 saturated heterocycles. The van der Waals surface area contributed by atoms with Crippen molar-refractivity contribution in [3.63, 3.8) is 0 Å². The molecule has 1 N–H and O–H groups in total. The molecule has 0 radical (unpaired) electrons. The molecule has 0 aliphatic rings. The van der Waals surface area contributed by atoms with E-state index >= 15 is 0 Å². The number of carbonyl (C=O) groups is 1. The number of nitrogens with one attached hydrogen (secondary N) is 1. The largest absolute Gasteiger partial charge is 0.321 e. The summed E-state index contributed by atoms with van der Waals surface area (Å²) in [5, 5.41) is 2.62. The summed E-state index contributed by atoms with van der Waals surface area (Å²) < 4.78 is 40.1. The molecule has 2 aromatic rings. The van der Waals surface area contributed by atoms with Gasteiger partial charge in [0.2, 0.25) is 0 Å². The highest BCUT2D eigenvalue weighted by Gasteiger charge is 2.20. The average Bonchev–Trinajstić information content (AvgIpc) is 2.33. The molecule has 20 heavy (non-hydrogen) atoms. The average molecular weight is 365 g/mol. The van der Waals surface area contributed by atoms with Gasteiger partial charge in [-0.2, -0.15) is 0 Å². The van der Waals surface area contributed by atoms with Gasteiger partial charge < -0.3 is 5.32 Å². The first-order valence-electron chi connectivity index (χ1n) is 5.30. The second-order valence-corrected chi connectivity index (χ2v) is 5.00. The molecule has 2 aromatic carbocycles. The summed E-state index contributed by atoms with van der Waals surface area (Å²) in [6, 6.07) is 5.49. The van der Waals surface area contributed by atoms with Gasteiger partial charge in [0, 0.05) is 12.1 Å². The predicted molar refractivity (Wildman–Crippen MR) is 73.4 cm³/mol. The number of rotatable bonds is 2.